The summed E-state index contributed by atoms with van der Waals surface area (Å²) in [6.07, 6.45) is 0. The first-order valence-corrected chi connectivity index (χ1v) is 10.0. The van der Waals surface area contributed by atoms with E-state index in [1.165, 1.54) is 4.90 Å². The van der Waals surface area contributed by atoms with Gasteiger partial charge in [0.15, 0.2) is 0 Å². The van der Waals surface area contributed by atoms with Crippen molar-refractivity contribution in [3.63, 3.8) is 0 Å². The van der Waals surface area contributed by atoms with Crippen molar-refractivity contribution in [3.8, 4) is 0 Å². The topological polar surface area (TPSA) is 49.4 Å². The first-order chi connectivity index (χ1) is 14.4. The molecule has 150 valence electrons. The molecule has 0 saturated heterocycles. The minimum Gasteiger partial charge on any atom is -0.350 e. The summed E-state index contributed by atoms with van der Waals surface area (Å²) < 4.78 is 0. The van der Waals surface area contributed by atoms with Crippen LogP contribution in [0.15, 0.2) is 72.4 Å². The van der Waals surface area contributed by atoms with Gasteiger partial charge in [-0.3, -0.25) is 9.59 Å². The molecule has 0 bridgehead atoms. The number of anilines is 2. The molecule has 1 heterocycles. The number of nitrogens with one attached hydrogen (secondary N) is 1. The standard InChI is InChI=1S/C25H21ClN2O2/c1-15-9-12-21(17(3)13-15)27-23-22(18-7-5-4-6-8-18)24(29)28(25(23)30)19-11-10-16(2)20(26)14-19/h4-14,27H,1-3H3. The SMILES string of the molecule is Cc1ccc(NC2=C(c3ccccc3)C(=O)N(c3ccc(C)c(Cl)c3)C2=O)c(C)c1. The fourth-order valence-electron chi connectivity index (χ4n) is 3.56. The van der Waals surface area contributed by atoms with Crippen molar-refractivity contribution in [2.75, 3.05) is 10.2 Å². The predicted molar refractivity (Wildman–Crippen MR) is 122 cm³/mol. The lowest BCUT2D eigenvalue weighted by Gasteiger charge is -2.16. The Bertz CT molecular complexity index is 1200. The molecule has 4 nitrogen and oxygen atoms in total. The largest absolute Gasteiger partial charge is 0.350 e. The lowest BCUT2D eigenvalue weighted by molar-refractivity contribution is -0.120. The first-order valence-electron chi connectivity index (χ1n) is 9.65. The van der Waals surface area contributed by atoms with E-state index in [4.69, 9.17) is 11.6 Å². The van der Waals surface area contributed by atoms with Gasteiger partial charge in [-0.1, -0.05) is 65.7 Å². The van der Waals surface area contributed by atoms with Gasteiger partial charge in [0.25, 0.3) is 11.8 Å². The lowest BCUT2D eigenvalue weighted by atomic mass is 10.0. The molecule has 0 aliphatic carbocycles. The number of imide groups is 1. The Kier molecular flexibility index (Phi) is 5.18. The van der Waals surface area contributed by atoms with Gasteiger partial charge in [-0.05, 0) is 55.7 Å². The number of hydrogen-bond acceptors (Lipinski definition) is 3. The number of nitrogens with zero attached hydrogens (tertiary/aromatic N) is 1. The molecule has 0 radical (unpaired) electrons. The van der Waals surface area contributed by atoms with Gasteiger partial charge in [0, 0.05) is 10.7 Å². The van der Waals surface area contributed by atoms with Crippen molar-refractivity contribution in [1.29, 1.82) is 0 Å². The molecule has 30 heavy (non-hydrogen) atoms. The Hall–Kier alpha value is -3.37. The summed E-state index contributed by atoms with van der Waals surface area (Å²) in [7, 11) is 0. The maximum atomic E-state index is 13.4. The van der Waals surface area contributed by atoms with Crippen LogP contribution in [0.25, 0.3) is 5.57 Å². The number of benzene rings is 3. The quantitative estimate of drug-likeness (QED) is 0.558. The average Bonchev–Trinajstić information content (AvgIpc) is 2.96. The van der Waals surface area contributed by atoms with E-state index in [2.05, 4.69) is 5.32 Å². The van der Waals surface area contributed by atoms with Crippen molar-refractivity contribution >= 4 is 40.4 Å². The number of aryl methyl sites for hydroxylation is 3. The molecule has 3 aromatic carbocycles. The second-order valence-electron chi connectivity index (χ2n) is 7.44. The first kappa shape index (κ1) is 19.9. The number of amides is 2. The Morgan fingerprint density at radius 1 is 0.800 bits per heavy atom. The summed E-state index contributed by atoms with van der Waals surface area (Å²) in [5, 5.41) is 3.73. The van der Waals surface area contributed by atoms with E-state index in [0.29, 0.717) is 21.8 Å². The molecule has 1 aliphatic heterocycles. The van der Waals surface area contributed by atoms with Crippen LogP contribution in [0.5, 0.6) is 0 Å². The molecule has 3 aromatic rings. The summed E-state index contributed by atoms with van der Waals surface area (Å²) in [5.41, 5.74) is 5.52. The van der Waals surface area contributed by atoms with Gasteiger partial charge in [-0.15, -0.1) is 0 Å². The van der Waals surface area contributed by atoms with Crippen LogP contribution in [0.3, 0.4) is 0 Å². The van der Waals surface area contributed by atoms with Crippen LogP contribution in [0.2, 0.25) is 5.02 Å². The monoisotopic (exact) mass is 416 g/mol. The van der Waals surface area contributed by atoms with E-state index in [1.807, 2.05) is 69.3 Å². The van der Waals surface area contributed by atoms with Gasteiger partial charge in [0.2, 0.25) is 0 Å². The highest BCUT2D eigenvalue weighted by atomic mass is 35.5. The third-order valence-electron chi connectivity index (χ3n) is 5.20. The molecule has 1 N–H and O–H groups in total. The van der Waals surface area contributed by atoms with Crippen LogP contribution in [0.4, 0.5) is 11.4 Å². The highest BCUT2D eigenvalue weighted by Gasteiger charge is 2.40. The summed E-state index contributed by atoms with van der Waals surface area (Å²) in [6.45, 7) is 5.86. The Morgan fingerprint density at radius 2 is 1.53 bits per heavy atom. The molecule has 1 aliphatic rings. The van der Waals surface area contributed by atoms with Crippen LogP contribution in [-0.2, 0) is 9.59 Å². The van der Waals surface area contributed by atoms with E-state index in [9.17, 15) is 9.59 Å². The number of halogens is 1. The highest BCUT2D eigenvalue weighted by molar-refractivity contribution is 6.46. The van der Waals surface area contributed by atoms with Crippen molar-refractivity contribution in [3.05, 3.63) is 99.7 Å². The maximum Gasteiger partial charge on any atom is 0.282 e. The minimum atomic E-state index is -0.404. The smallest absolute Gasteiger partial charge is 0.282 e. The maximum absolute atomic E-state index is 13.4. The number of carbonyl (C=O) groups excluding carboxylic acids is 2. The number of carbonyl (C=O) groups is 2. The molecule has 0 unspecified atom stereocenters. The lowest BCUT2D eigenvalue weighted by Crippen LogP contribution is -2.32. The van der Waals surface area contributed by atoms with Crippen LogP contribution in [0, 0.1) is 20.8 Å². The Balaban J connectivity index is 1.83. The molecule has 0 spiro atoms. The summed E-state index contributed by atoms with van der Waals surface area (Å²) in [5.74, 6) is -0.780. The predicted octanol–water partition coefficient (Wildman–Crippen LogP) is 5.66. The second-order valence-corrected chi connectivity index (χ2v) is 7.85. The van der Waals surface area contributed by atoms with Crippen LogP contribution in [0.1, 0.15) is 22.3 Å². The van der Waals surface area contributed by atoms with Crippen molar-refractivity contribution in [2.45, 2.75) is 20.8 Å². The van der Waals surface area contributed by atoms with Crippen LogP contribution < -0.4 is 10.2 Å². The summed E-state index contributed by atoms with van der Waals surface area (Å²) >= 11 is 6.26. The summed E-state index contributed by atoms with van der Waals surface area (Å²) in [6, 6.07) is 20.3. The fraction of sp³-hybridized carbons (Fsp3) is 0.120. The van der Waals surface area contributed by atoms with Crippen molar-refractivity contribution in [2.24, 2.45) is 0 Å². The van der Waals surface area contributed by atoms with Gasteiger partial charge in [0.1, 0.15) is 5.70 Å². The molecule has 5 heteroatoms. The van der Waals surface area contributed by atoms with E-state index in [0.717, 1.165) is 22.4 Å². The van der Waals surface area contributed by atoms with Crippen molar-refractivity contribution in [1.82, 2.24) is 0 Å². The van der Waals surface area contributed by atoms with Gasteiger partial charge in [-0.25, -0.2) is 4.90 Å². The third-order valence-corrected chi connectivity index (χ3v) is 5.61. The Labute approximate surface area is 180 Å². The molecular formula is C25H21ClN2O2. The minimum absolute atomic E-state index is 0.259. The van der Waals surface area contributed by atoms with Crippen LogP contribution in [-0.4, -0.2) is 11.8 Å². The van der Waals surface area contributed by atoms with E-state index in [1.54, 1.807) is 18.2 Å². The third kappa shape index (κ3) is 3.51. The van der Waals surface area contributed by atoms with Gasteiger partial charge >= 0.3 is 0 Å². The highest BCUT2D eigenvalue weighted by Crippen LogP contribution is 2.35. The van der Waals surface area contributed by atoms with E-state index < -0.39 is 5.91 Å². The normalized spacial score (nSPS) is 13.9. The zero-order chi connectivity index (χ0) is 21.4. The van der Waals surface area contributed by atoms with E-state index >= 15 is 0 Å². The van der Waals surface area contributed by atoms with E-state index in [-0.39, 0.29) is 11.6 Å². The van der Waals surface area contributed by atoms with Crippen molar-refractivity contribution < 1.29 is 9.59 Å². The molecule has 0 fully saturated rings. The molecule has 4 rings (SSSR count). The number of hydrogen-bond donors (Lipinski definition) is 1. The summed E-state index contributed by atoms with van der Waals surface area (Å²) in [4.78, 5) is 28.0. The second kappa shape index (κ2) is 7.81. The van der Waals surface area contributed by atoms with Gasteiger partial charge in [0.05, 0.1) is 11.3 Å². The number of rotatable bonds is 4. The zero-order valence-corrected chi connectivity index (χ0v) is 17.7. The Morgan fingerprint density at radius 3 is 2.20 bits per heavy atom. The van der Waals surface area contributed by atoms with Crippen LogP contribution >= 0.6 is 11.6 Å². The zero-order valence-electron chi connectivity index (χ0n) is 17.0. The van der Waals surface area contributed by atoms with Gasteiger partial charge in [-0.2, -0.15) is 0 Å². The molecule has 0 aromatic heterocycles. The molecule has 0 atom stereocenters. The molecular weight excluding hydrogens is 396 g/mol. The molecule has 2 amide bonds. The van der Waals surface area contributed by atoms with Gasteiger partial charge < -0.3 is 5.32 Å². The fourth-order valence-corrected chi connectivity index (χ4v) is 3.74. The average molecular weight is 417 g/mol. The molecule has 0 saturated carbocycles.